The van der Waals surface area contributed by atoms with E-state index >= 15 is 0 Å². The van der Waals surface area contributed by atoms with Crippen molar-refractivity contribution in [2.24, 2.45) is 0 Å². The van der Waals surface area contributed by atoms with Gasteiger partial charge in [0.1, 0.15) is 18.0 Å². The van der Waals surface area contributed by atoms with Gasteiger partial charge in [-0.1, -0.05) is 18.2 Å². The molecule has 138 valence electrons. The Bertz CT molecular complexity index is 812. The third kappa shape index (κ3) is 5.07. The van der Waals surface area contributed by atoms with Gasteiger partial charge in [-0.2, -0.15) is 0 Å². The molecule has 1 N–H and O–H groups in total. The minimum atomic E-state index is 0.470. The molecule has 0 spiro atoms. The van der Waals surface area contributed by atoms with Crippen LogP contribution in [0.2, 0.25) is 0 Å². The van der Waals surface area contributed by atoms with Crippen molar-refractivity contribution in [3.05, 3.63) is 65.6 Å². The van der Waals surface area contributed by atoms with Crippen LogP contribution in [0.4, 0.5) is 0 Å². The highest BCUT2D eigenvalue weighted by Gasteiger charge is 2.04. The van der Waals surface area contributed by atoms with E-state index in [1.807, 2.05) is 35.0 Å². The number of benzene rings is 1. The van der Waals surface area contributed by atoms with Crippen LogP contribution in [0.1, 0.15) is 29.7 Å². The Labute approximate surface area is 155 Å². The molecule has 0 unspecified atom stereocenters. The summed E-state index contributed by atoms with van der Waals surface area (Å²) >= 11 is 0. The van der Waals surface area contributed by atoms with Gasteiger partial charge in [0.2, 0.25) is 0 Å². The fourth-order valence-electron chi connectivity index (χ4n) is 2.86. The molecule has 2 aromatic heterocycles. The van der Waals surface area contributed by atoms with Gasteiger partial charge < -0.3 is 19.2 Å². The molecule has 26 heavy (non-hydrogen) atoms. The molecule has 3 rings (SSSR count). The molecule has 0 saturated carbocycles. The lowest BCUT2D eigenvalue weighted by molar-refractivity contribution is 0.192. The SMILES string of the molecule is COCCCCNCc1ccc(OCc2cn3cccc(C)c3n2)cc1. The fourth-order valence-corrected chi connectivity index (χ4v) is 2.86. The number of hydrogen-bond donors (Lipinski definition) is 1. The normalized spacial score (nSPS) is 11.2. The molecule has 5 nitrogen and oxygen atoms in total. The van der Waals surface area contributed by atoms with Crippen molar-refractivity contribution in [1.29, 1.82) is 0 Å². The first-order chi connectivity index (χ1) is 12.8. The number of pyridine rings is 1. The van der Waals surface area contributed by atoms with E-state index in [2.05, 4.69) is 35.4 Å². The van der Waals surface area contributed by atoms with Gasteiger partial charge >= 0.3 is 0 Å². The number of imidazole rings is 1. The monoisotopic (exact) mass is 353 g/mol. The summed E-state index contributed by atoms with van der Waals surface area (Å²) in [7, 11) is 1.74. The zero-order valence-corrected chi connectivity index (χ0v) is 15.6. The van der Waals surface area contributed by atoms with E-state index in [4.69, 9.17) is 9.47 Å². The molecule has 0 radical (unpaired) electrons. The Morgan fingerprint density at radius 2 is 1.96 bits per heavy atom. The molecule has 5 heteroatoms. The fraction of sp³-hybridized carbons (Fsp3) is 0.381. The molecule has 2 heterocycles. The maximum atomic E-state index is 5.88. The van der Waals surface area contributed by atoms with Gasteiger partial charge in [0.25, 0.3) is 0 Å². The number of fused-ring (bicyclic) bond motifs is 1. The lowest BCUT2D eigenvalue weighted by Crippen LogP contribution is -2.15. The molecule has 1 aromatic carbocycles. The van der Waals surface area contributed by atoms with Crippen molar-refractivity contribution in [3.8, 4) is 5.75 Å². The van der Waals surface area contributed by atoms with E-state index in [-0.39, 0.29) is 0 Å². The molecular formula is C21H27N3O2. The average molecular weight is 353 g/mol. The Hall–Kier alpha value is -2.37. The Morgan fingerprint density at radius 3 is 2.73 bits per heavy atom. The van der Waals surface area contributed by atoms with Crippen molar-refractivity contribution in [3.63, 3.8) is 0 Å². The second-order valence-electron chi connectivity index (χ2n) is 6.46. The standard InChI is InChI=1S/C21H27N3O2/c1-17-6-5-12-24-15-19(23-21(17)24)16-26-20-9-7-18(8-10-20)14-22-11-3-4-13-25-2/h5-10,12,15,22H,3-4,11,13-14,16H2,1-2H3. The Morgan fingerprint density at radius 1 is 1.12 bits per heavy atom. The van der Waals surface area contributed by atoms with E-state index in [0.29, 0.717) is 6.61 Å². The number of unbranched alkanes of at least 4 members (excludes halogenated alkanes) is 1. The largest absolute Gasteiger partial charge is 0.487 e. The van der Waals surface area contributed by atoms with Gasteiger partial charge in [-0.05, 0) is 55.6 Å². The number of aromatic nitrogens is 2. The van der Waals surface area contributed by atoms with E-state index in [1.54, 1.807) is 7.11 Å². The van der Waals surface area contributed by atoms with Crippen LogP contribution in [0.3, 0.4) is 0 Å². The smallest absolute Gasteiger partial charge is 0.140 e. The number of nitrogens with one attached hydrogen (secondary N) is 1. The summed E-state index contributed by atoms with van der Waals surface area (Å²) < 4.78 is 13.0. The second kappa shape index (κ2) is 9.36. The highest BCUT2D eigenvalue weighted by atomic mass is 16.5. The molecule has 0 atom stereocenters. The lowest BCUT2D eigenvalue weighted by atomic mass is 10.2. The summed E-state index contributed by atoms with van der Waals surface area (Å²) in [5.74, 6) is 0.864. The van der Waals surface area contributed by atoms with Gasteiger partial charge in [0.15, 0.2) is 0 Å². The number of aryl methyl sites for hydroxylation is 1. The highest BCUT2D eigenvalue weighted by Crippen LogP contribution is 2.15. The van der Waals surface area contributed by atoms with Crippen molar-refractivity contribution in [2.45, 2.75) is 32.9 Å². The predicted octanol–water partition coefficient (Wildman–Crippen LogP) is 3.74. The molecule has 0 fully saturated rings. The third-order valence-electron chi connectivity index (χ3n) is 4.32. The van der Waals surface area contributed by atoms with Crippen LogP contribution in [-0.4, -0.2) is 29.6 Å². The van der Waals surface area contributed by atoms with E-state index in [1.165, 1.54) is 5.56 Å². The summed E-state index contributed by atoms with van der Waals surface area (Å²) in [6.07, 6.45) is 6.26. The molecular weight excluding hydrogens is 326 g/mol. The Kier molecular flexibility index (Phi) is 6.63. The van der Waals surface area contributed by atoms with E-state index in [9.17, 15) is 0 Å². The Balaban J connectivity index is 1.45. The minimum absolute atomic E-state index is 0.470. The quantitative estimate of drug-likeness (QED) is 0.564. The molecule has 0 amide bonds. The summed E-state index contributed by atoms with van der Waals surface area (Å²) in [4.78, 5) is 4.64. The van der Waals surface area contributed by atoms with Crippen molar-refractivity contribution < 1.29 is 9.47 Å². The minimum Gasteiger partial charge on any atom is -0.487 e. The number of methoxy groups -OCH3 is 1. The predicted molar refractivity (Wildman–Crippen MR) is 104 cm³/mol. The van der Waals surface area contributed by atoms with Crippen LogP contribution in [0.5, 0.6) is 5.75 Å². The van der Waals surface area contributed by atoms with Crippen LogP contribution in [0.15, 0.2) is 48.8 Å². The van der Waals surface area contributed by atoms with Crippen molar-refractivity contribution in [2.75, 3.05) is 20.3 Å². The summed E-state index contributed by atoms with van der Waals surface area (Å²) in [5.41, 5.74) is 4.34. The van der Waals surface area contributed by atoms with Crippen molar-refractivity contribution >= 4 is 5.65 Å². The van der Waals surface area contributed by atoms with E-state index < -0.39 is 0 Å². The van der Waals surface area contributed by atoms with Crippen LogP contribution >= 0.6 is 0 Å². The first kappa shape index (κ1) is 18.4. The average Bonchev–Trinajstić information content (AvgIpc) is 3.08. The highest BCUT2D eigenvalue weighted by molar-refractivity contribution is 5.47. The molecule has 0 saturated heterocycles. The van der Waals surface area contributed by atoms with Gasteiger partial charge in [0.05, 0.1) is 5.69 Å². The third-order valence-corrected chi connectivity index (χ3v) is 4.32. The molecule has 0 aliphatic carbocycles. The van der Waals surface area contributed by atoms with Crippen LogP contribution < -0.4 is 10.1 Å². The van der Waals surface area contributed by atoms with E-state index in [0.717, 1.165) is 55.2 Å². The summed E-state index contributed by atoms with van der Waals surface area (Å²) in [6, 6.07) is 12.3. The first-order valence-electron chi connectivity index (χ1n) is 9.11. The number of nitrogens with zero attached hydrogens (tertiary/aromatic N) is 2. The van der Waals surface area contributed by atoms with Crippen LogP contribution in [0.25, 0.3) is 5.65 Å². The number of rotatable bonds is 10. The number of ether oxygens (including phenoxy) is 2. The molecule has 0 bridgehead atoms. The first-order valence-corrected chi connectivity index (χ1v) is 9.11. The van der Waals surface area contributed by atoms with Gasteiger partial charge in [0, 0.05) is 32.7 Å². The molecule has 3 aromatic rings. The molecule has 0 aliphatic heterocycles. The summed E-state index contributed by atoms with van der Waals surface area (Å²) in [5, 5.41) is 3.45. The maximum Gasteiger partial charge on any atom is 0.140 e. The zero-order valence-electron chi connectivity index (χ0n) is 15.6. The van der Waals surface area contributed by atoms with Gasteiger partial charge in [-0.3, -0.25) is 0 Å². The second-order valence-corrected chi connectivity index (χ2v) is 6.46. The molecule has 0 aliphatic rings. The van der Waals surface area contributed by atoms with Gasteiger partial charge in [-0.15, -0.1) is 0 Å². The topological polar surface area (TPSA) is 47.8 Å². The summed E-state index contributed by atoms with van der Waals surface area (Å²) in [6.45, 7) is 5.25. The van der Waals surface area contributed by atoms with Crippen molar-refractivity contribution in [1.82, 2.24) is 14.7 Å². The van der Waals surface area contributed by atoms with Crippen LogP contribution in [0, 0.1) is 6.92 Å². The van der Waals surface area contributed by atoms with Crippen LogP contribution in [-0.2, 0) is 17.9 Å². The van der Waals surface area contributed by atoms with Gasteiger partial charge in [-0.25, -0.2) is 4.98 Å². The number of hydrogen-bond acceptors (Lipinski definition) is 4. The maximum absolute atomic E-state index is 5.88. The zero-order chi connectivity index (χ0) is 18.2. The lowest BCUT2D eigenvalue weighted by Gasteiger charge is -2.07.